The molecule has 0 radical (unpaired) electrons. The number of nitrogens with one attached hydrogen (secondary N) is 1. The predicted octanol–water partition coefficient (Wildman–Crippen LogP) is 4.57. The van der Waals surface area contributed by atoms with Gasteiger partial charge in [0.2, 0.25) is 0 Å². The molecule has 0 saturated carbocycles. The van der Waals surface area contributed by atoms with Gasteiger partial charge in [0, 0.05) is 37.8 Å². The largest absolute Gasteiger partial charge is 0.573 e. The van der Waals surface area contributed by atoms with Gasteiger partial charge in [-0.15, -0.1) is 38.0 Å². The summed E-state index contributed by atoms with van der Waals surface area (Å²) in [6, 6.07) is 9.80. The summed E-state index contributed by atoms with van der Waals surface area (Å²) in [6.45, 7) is 2.89. The highest BCUT2D eigenvalue weighted by atomic mass is 35.5. The van der Waals surface area contributed by atoms with Crippen molar-refractivity contribution in [2.75, 3.05) is 33.3 Å². The number of ether oxygens (including phenoxy) is 2. The monoisotopic (exact) mass is 456 g/mol. The molecule has 10 heteroatoms. The first-order chi connectivity index (χ1) is 12.9. The third kappa shape index (κ3) is 6.64. The minimum atomic E-state index is -4.75. The molecule has 2 aromatic carbocycles. The van der Waals surface area contributed by atoms with E-state index >= 15 is 0 Å². The molecule has 0 spiro atoms. The molecule has 1 N–H and O–H groups in total. The third-order valence-corrected chi connectivity index (χ3v) is 4.45. The Morgan fingerprint density at radius 1 is 0.966 bits per heavy atom. The molecule has 0 amide bonds. The van der Waals surface area contributed by atoms with Crippen LogP contribution >= 0.6 is 24.8 Å². The first-order valence-electron chi connectivity index (χ1n) is 8.51. The number of methoxy groups -OCH3 is 1. The summed E-state index contributed by atoms with van der Waals surface area (Å²) in [5.74, 6) is -0.321. The number of piperazine rings is 1. The Labute approximate surface area is 179 Å². The topological polar surface area (TPSA) is 33.7 Å². The maximum Gasteiger partial charge on any atom is 0.573 e. The van der Waals surface area contributed by atoms with Crippen LogP contribution in [0.4, 0.5) is 17.6 Å². The van der Waals surface area contributed by atoms with Gasteiger partial charge in [-0.05, 0) is 23.8 Å². The van der Waals surface area contributed by atoms with Gasteiger partial charge in [-0.2, -0.15) is 0 Å². The maximum atomic E-state index is 14.7. The van der Waals surface area contributed by atoms with Gasteiger partial charge in [0.15, 0.2) is 0 Å². The van der Waals surface area contributed by atoms with Crippen LogP contribution in [-0.2, 0) is 0 Å². The van der Waals surface area contributed by atoms with Crippen molar-refractivity contribution in [2.45, 2.75) is 12.4 Å². The quantitative estimate of drug-likeness (QED) is 0.668. The van der Waals surface area contributed by atoms with Crippen LogP contribution < -0.4 is 14.8 Å². The Morgan fingerprint density at radius 3 is 2.07 bits per heavy atom. The highest BCUT2D eigenvalue weighted by molar-refractivity contribution is 5.85. The average molecular weight is 457 g/mol. The van der Waals surface area contributed by atoms with Gasteiger partial charge in [0.05, 0.1) is 13.2 Å². The first kappa shape index (κ1) is 25.3. The fourth-order valence-electron chi connectivity index (χ4n) is 3.24. The number of halogens is 6. The summed E-state index contributed by atoms with van der Waals surface area (Å²) >= 11 is 0. The van der Waals surface area contributed by atoms with Gasteiger partial charge in [-0.25, -0.2) is 4.39 Å². The number of alkyl halides is 3. The number of rotatable bonds is 5. The normalized spacial score (nSPS) is 15.6. The van der Waals surface area contributed by atoms with Crippen molar-refractivity contribution in [1.82, 2.24) is 10.2 Å². The first-order valence-corrected chi connectivity index (χ1v) is 8.51. The van der Waals surface area contributed by atoms with Crippen molar-refractivity contribution < 1.29 is 27.0 Å². The Bertz CT molecular complexity index is 770. The minimum Gasteiger partial charge on any atom is -0.497 e. The molecule has 0 bridgehead atoms. The van der Waals surface area contributed by atoms with E-state index in [1.807, 2.05) is 0 Å². The second kappa shape index (κ2) is 10.9. The zero-order valence-electron chi connectivity index (χ0n) is 15.5. The summed E-state index contributed by atoms with van der Waals surface area (Å²) < 4.78 is 60.9. The van der Waals surface area contributed by atoms with E-state index in [2.05, 4.69) is 15.0 Å². The van der Waals surface area contributed by atoms with Gasteiger partial charge in [0.25, 0.3) is 0 Å². The SMILES string of the molecule is COc1ccc([C@@H](c2ccc(OC(F)(F)F)cc2)N2CCNCC2)c(F)c1.Cl.Cl. The average Bonchev–Trinajstić information content (AvgIpc) is 2.64. The predicted molar refractivity (Wildman–Crippen MR) is 107 cm³/mol. The van der Waals surface area contributed by atoms with Gasteiger partial charge in [-0.1, -0.05) is 18.2 Å². The Balaban J connectivity index is 0.00000210. The highest BCUT2D eigenvalue weighted by Crippen LogP contribution is 2.34. The molecule has 0 unspecified atom stereocenters. The van der Waals surface area contributed by atoms with Crippen molar-refractivity contribution in [1.29, 1.82) is 0 Å². The molecule has 0 aromatic heterocycles. The molecule has 1 aliphatic rings. The minimum absolute atomic E-state index is 0. The van der Waals surface area contributed by atoms with E-state index in [0.717, 1.165) is 13.1 Å². The van der Waals surface area contributed by atoms with Gasteiger partial charge >= 0.3 is 6.36 Å². The van der Waals surface area contributed by atoms with E-state index in [1.165, 1.54) is 37.4 Å². The van der Waals surface area contributed by atoms with Crippen LogP contribution in [0.25, 0.3) is 0 Å². The molecule has 2 aromatic rings. The Hall–Kier alpha value is -1.74. The van der Waals surface area contributed by atoms with Crippen LogP contribution in [0.2, 0.25) is 0 Å². The van der Waals surface area contributed by atoms with Gasteiger partial charge < -0.3 is 14.8 Å². The lowest BCUT2D eigenvalue weighted by Gasteiger charge is -2.35. The van der Waals surface area contributed by atoms with Crippen LogP contribution in [0.15, 0.2) is 42.5 Å². The van der Waals surface area contributed by atoms with Crippen LogP contribution in [0.3, 0.4) is 0 Å². The summed E-state index contributed by atoms with van der Waals surface area (Å²) in [7, 11) is 1.46. The van der Waals surface area contributed by atoms with Crippen LogP contribution in [-0.4, -0.2) is 44.6 Å². The maximum absolute atomic E-state index is 14.7. The van der Waals surface area contributed by atoms with Gasteiger partial charge in [-0.3, -0.25) is 4.90 Å². The van der Waals surface area contributed by atoms with Crippen LogP contribution in [0.1, 0.15) is 17.2 Å². The van der Waals surface area contributed by atoms with Crippen LogP contribution in [0.5, 0.6) is 11.5 Å². The molecule has 3 rings (SSSR count). The summed E-state index contributed by atoms with van der Waals surface area (Å²) in [5, 5.41) is 3.24. The number of hydrogen-bond donors (Lipinski definition) is 1. The Morgan fingerprint density at radius 2 is 1.55 bits per heavy atom. The van der Waals surface area contributed by atoms with E-state index in [9.17, 15) is 17.6 Å². The lowest BCUT2D eigenvalue weighted by molar-refractivity contribution is -0.274. The van der Waals surface area contributed by atoms with E-state index in [-0.39, 0.29) is 30.6 Å². The summed E-state index contributed by atoms with van der Waals surface area (Å²) in [6.07, 6.45) is -4.75. The molecule has 4 nitrogen and oxygen atoms in total. The second-order valence-corrected chi connectivity index (χ2v) is 6.19. The molecule has 1 heterocycles. The molecular weight excluding hydrogens is 435 g/mol. The highest BCUT2D eigenvalue weighted by Gasteiger charge is 2.31. The fourth-order valence-corrected chi connectivity index (χ4v) is 3.24. The van der Waals surface area contributed by atoms with Crippen molar-refractivity contribution in [3.05, 3.63) is 59.4 Å². The number of nitrogens with zero attached hydrogens (tertiary/aromatic N) is 1. The zero-order valence-corrected chi connectivity index (χ0v) is 17.2. The molecule has 1 fully saturated rings. The lowest BCUT2D eigenvalue weighted by Crippen LogP contribution is -2.45. The third-order valence-electron chi connectivity index (χ3n) is 4.45. The molecule has 29 heavy (non-hydrogen) atoms. The van der Waals surface area contributed by atoms with Crippen molar-refractivity contribution in [3.63, 3.8) is 0 Å². The Kier molecular flexibility index (Phi) is 9.48. The number of benzene rings is 2. The molecule has 1 aliphatic heterocycles. The van der Waals surface area contributed by atoms with E-state index in [0.29, 0.717) is 30.0 Å². The number of hydrogen-bond acceptors (Lipinski definition) is 4. The van der Waals surface area contributed by atoms with Crippen molar-refractivity contribution in [2.24, 2.45) is 0 Å². The molecule has 1 atom stereocenters. The smallest absolute Gasteiger partial charge is 0.497 e. The molecular formula is C19H22Cl2F4N2O2. The van der Waals surface area contributed by atoms with E-state index in [1.54, 1.807) is 12.1 Å². The summed E-state index contributed by atoms with van der Waals surface area (Å²) in [5.41, 5.74) is 1.14. The van der Waals surface area contributed by atoms with Gasteiger partial charge in [0.1, 0.15) is 17.3 Å². The molecule has 1 saturated heterocycles. The standard InChI is InChI=1S/C19H20F4N2O2.2ClH/c1-26-15-6-7-16(17(20)12-15)18(25-10-8-24-9-11-25)13-2-4-14(5-3-13)27-19(21,22)23;;/h2-7,12,18,24H,8-11H2,1H3;2*1H/t18-;;/m1../s1. The molecule has 162 valence electrons. The lowest BCUT2D eigenvalue weighted by atomic mass is 9.95. The zero-order chi connectivity index (χ0) is 19.4. The molecule has 0 aliphatic carbocycles. The van der Waals surface area contributed by atoms with E-state index < -0.39 is 18.2 Å². The van der Waals surface area contributed by atoms with Crippen molar-refractivity contribution in [3.8, 4) is 11.5 Å². The van der Waals surface area contributed by atoms with Crippen LogP contribution in [0, 0.1) is 5.82 Å². The summed E-state index contributed by atoms with van der Waals surface area (Å²) in [4.78, 5) is 2.10. The fraction of sp³-hybridized carbons (Fsp3) is 0.368. The van der Waals surface area contributed by atoms with Crippen molar-refractivity contribution >= 4 is 24.8 Å². The van der Waals surface area contributed by atoms with E-state index in [4.69, 9.17) is 4.74 Å². The second-order valence-electron chi connectivity index (χ2n) is 6.19.